The highest BCUT2D eigenvalue weighted by molar-refractivity contribution is 6.04. The maximum absolute atomic E-state index is 12.9. The molecule has 0 saturated heterocycles. The number of carbonyl (C=O) groups excluding carboxylic acids is 2. The van der Waals surface area contributed by atoms with Gasteiger partial charge in [-0.3, -0.25) is 14.5 Å². The van der Waals surface area contributed by atoms with Crippen LogP contribution in [0.15, 0.2) is 84.9 Å². The first kappa shape index (κ1) is 23.2. The second-order valence-electron chi connectivity index (χ2n) is 8.13. The molecule has 0 aromatic heterocycles. The first-order chi connectivity index (χ1) is 15.4. The van der Waals surface area contributed by atoms with Crippen LogP contribution in [0.25, 0.3) is 0 Å². The zero-order valence-corrected chi connectivity index (χ0v) is 19.2. The summed E-state index contributed by atoms with van der Waals surface area (Å²) in [5.41, 5.74) is 3.49. The molecule has 166 valence electrons. The van der Waals surface area contributed by atoms with E-state index in [0.717, 1.165) is 16.8 Å². The molecule has 32 heavy (non-hydrogen) atoms. The van der Waals surface area contributed by atoms with Crippen LogP contribution < -0.4 is 5.32 Å². The monoisotopic (exact) mass is 429 g/mol. The van der Waals surface area contributed by atoms with Crippen molar-refractivity contribution in [1.82, 2.24) is 9.80 Å². The highest BCUT2D eigenvalue weighted by atomic mass is 16.2. The van der Waals surface area contributed by atoms with Gasteiger partial charge in [-0.15, -0.1) is 0 Å². The highest BCUT2D eigenvalue weighted by Crippen LogP contribution is 2.23. The molecule has 0 unspecified atom stereocenters. The van der Waals surface area contributed by atoms with Gasteiger partial charge < -0.3 is 10.2 Å². The van der Waals surface area contributed by atoms with Crippen molar-refractivity contribution in [1.29, 1.82) is 0 Å². The Morgan fingerprint density at radius 2 is 1.38 bits per heavy atom. The minimum atomic E-state index is -0.143. The summed E-state index contributed by atoms with van der Waals surface area (Å²) in [7, 11) is 3.79. The third-order valence-corrected chi connectivity index (χ3v) is 5.97. The third kappa shape index (κ3) is 5.83. The minimum Gasteiger partial charge on any atom is -0.338 e. The third-order valence-electron chi connectivity index (χ3n) is 5.97. The van der Waals surface area contributed by atoms with Gasteiger partial charge in [-0.25, -0.2) is 0 Å². The fourth-order valence-electron chi connectivity index (χ4n) is 3.56. The van der Waals surface area contributed by atoms with E-state index in [4.69, 9.17) is 0 Å². The van der Waals surface area contributed by atoms with Crippen molar-refractivity contribution in [2.75, 3.05) is 26.0 Å². The van der Waals surface area contributed by atoms with Crippen molar-refractivity contribution in [3.8, 4) is 0 Å². The second-order valence-corrected chi connectivity index (χ2v) is 8.13. The normalized spacial score (nSPS) is 12.8. The van der Waals surface area contributed by atoms with E-state index in [0.29, 0.717) is 12.1 Å². The Kier molecular flexibility index (Phi) is 7.79. The van der Waals surface area contributed by atoms with Crippen molar-refractivity contribution in [2.24, 2.45) is 0 Å². The molecule has 0 heterocycles. The topological polar surface area (TPSA) is 52.7 Å². The lowest BCUT2D eigenvalue weighted by molar-refractivity contribution is -0.133. The molecule has 0 aliphatic rings. The van der Waals surface area contributed by atoms with Crippen molar-refractivity contribution in [3.63, 3.8) is 0 Å². The van der Waals surface area contributed by atoms with Crippen LogP contribution in [0.2, 0.25) is 0 Å². The van der Waals surface area contributed by atoms with Crippen molar-refractivity contribution in [2.45, 2.75) is 25.9 Å². The maximum Gasteiger partial charge on any atom is 0.255 e. The van der Waals surface area contributed by atoms with Crippen LogP contribution in [0.5, 0.6) is 0 Å². The molecule has 3 aromatic rings. The predicted octanol–water partition coefficient (Wildman–Crippen LogP) is 5.15. The number of hydrogen-bond acceptors (Lipinski definition) is 3. The molecule has 0 radical (unpaired) electrons. The predicted molar refractivity (Wildman–Crippen MR) is 130 cm³/mol. The summed E-state index contributed by atoms with van der Waals surface area (Å²) in [5, 5.41) is 2.95. The molecular weight excluding hydrogens is 398 g/mol. The van der Waals surface area contributed by atoms with Crippen molar-refractivity contribution < 1.29 is 9.59 Å². The number of carbonyl (C=O) groups is 2. The summed E-state index contributed by atoms with van der Waals surface area (Å²) in [6, 6.07) is 26.9. The number of anilines is 1. The molecule has 0 spiro atoms. The molecule has 3 rings (SSSR count). The Labute approximate surface area is 190 Å². The van der Waals surface area contributed by atoms with Crippen LogP contribution in [-0.2, 0) is 4.79 Å². The standard InChI is InChI=1S/C27H31N3O2/c1-20(29(3)19-26(31)30(4)21(2)22-12-7-5-8-13-22)24-16-11-17-25(18-24)28-27(32)23-14-9-6-10-15-23/h5-18,20-21H,19H2,1-4H3,(H,28,32)/t20-,21+/m0/s1. The number of hydrogen-bond donors (Lipinski definition) is 1. The van der Waals surface area contributed by atoms with Crippen LogP contribution in [0, 0.1) is 0 Å². The SMILES string of the molecule is C[C@H](c1ccccc1)N(C)C(=O)CN(C)[C@@H](C)c1cccc(NC(=O)c2ccccc2)c1. The summed E-state index contributed by atoms with van der Waals surface area (Å²) in [6.45, 7) is 4.40. The quantitative estimate of drug-likeness (QED) is 0.539. The minimum absolute atomic E-state index is 0.00364. The van der Waals surface area contributed by atoms with Gasteiger partial charge in [0, 0.05) is 24.3 Å². The number of nitrogens with zero attached hydrogens (tertiary/aromatic N) is 2. The smallest absolute Gasteiger partial charge is 0.255 e. The molecule has 1 N–H and O–H groups in total. The van der Waals surface area contributed by atoms with E-state index in [1.54, 1.807) is 17.0 Å². The van der Waals surface area contributed by atoms with Crippen LogP contribution >= 0.6 is 0 Å². The number of benzene rings is 3. The molecule has 0 aliphatic heterocycles. The number of nitrogens with one attached hydrogen (secondary N) is 1. The van der Waals surface area contributed by atoms with Crippen LogP contribution in [0.1, 0.15) is 47.4 Å². The van der Waals surface area contributed by atoms with Crippen molar-refractivity contribution in [3.05, 3.63) is 102 Å². The second kappa shape index (κ2) is 10.7. The van der Waals surface area contributed by atoms with E-state index < -0.39 is 0 Å². The average molecular weight is 430 g/mol. The lowest BCUT2D eigenvalue weighted by Gasteiger charge is -2.30. The number of likely N-dealkylation sites (N-methyl/N-ethyl adjacent to an activating group) is 2. The van der Waals surface area contributed by atoms with Gasteiger partial charge in [0.2, 0.25) is 5.91 Å². The molecule has 0 fully saturated rings. The number of rotatable bonds is 8. The average Bonchev–Trinajstić information content (AvgIpc) is 2.83. The van der Waals surface area contributed by atoms with Crippen molar-refractivity contribution >= 4 is 17.5 Å². The van der Waals surface area contributed by atoms with E-state index in [2.05, 4.69) is 12.2 Å². The maximum atomic E-state index is 12.9. The van der Waals surface area contributed by atoms with E-state index in [9.17, 15) is 9.59 Å². The Morgan fingerprint density at radius 1 is 0.781 bits per heavy atom. The van der Waals surface area contributed by atoms with Gasteiger partial charge in [-0.05, 0) is 56.3 Å². The Hall–Kier alpha value is -3.44. The van der Waals surface area contributed by atoms with Crippen LogP contribution in [0.3, 0.4) is 0 Å². The summed E-state index contributed by atoms with van der Waals surface area (Å²) < 4.78 is 0. The Balaban J connectivity index is 1.62. The van der Waals surface area contributed by atoms with Gasteiger partial charge >= 0.3 is 0 Å². The number of amides is 2. The molecular formula is C27H31N3O2. The van der Waals surface area contributed by atoms with Crippen LogP contribution in [-0.4, -0.2) is 42.3 Å². The molecule has 2 atom stereocenters. The van der Waals surface area contributed by atoms with Gasteiger partial charge in [0.25, 0.3) is 5.91 Å². The zero-order valence-electron chi connectivity index (χ0n) is 19.2. The van der Waals surface area contributed by atoms with E-state index in [1.807, 2.05) is 98.7 Å². The van der Waals surface area contributed by atoms with E-state index >= 15 is 0 Å². The molecule has 0 saturated carbocycles. The molecule has 0 aliphatic carbocycles. The summed E-state index contributed by atoms with van der Waals surface area (Å²) >= 11 is 0. The van der Waals surface area contributed by atoms with Gasteiger partial charge in [0.1, 0.15) is 0 Å². The molecule has 5 nitrogen and oxygen atoms in total. The molecule has 2 amide bonds. The molecule has 0 bridgehead atoms. The fraction of sp³-hybridized carbons (Fsp3) is 0.259. The van der Waals surface area contributed by atoms with Crippen LogP contribution in [0.4, 0.5) is 5.69 Å². The fourth-order valence-corrected chi connectivity index (χ4v) is 3.56. The Bertz CT molecular complexity index is 1040. The Morgan fingerprint density at radius 3 is 2.03 bits per heavy atom. The van der Waals surface area contributed by atoms with Gasteiger partial charge in [-0.1, -0.05) is 60.7 Å². The lowest BCUT2D eigenvalue weighted by Crippen LogP contribution is -2.38. The van der Waals surface area contributed by atoms with Gasteiger partial charge in [0.05, 0.1) is 12.6 Å². The summed E-state index contributed by atoms with van der Waals surface area (Å²) in [5.74, 6) is -0.0836. The first-order valence-electron chi connectivity index (χ1n) is 10.8. The van der Waals surface area contributed by atoms with Gasteiger partial charge in [-0.2, -0.15) is 0 Å². The summed E-state index contributed by atoms with van der Waals surface area (Å²) in [6.07, 6.45) is 0. The largest absolute Gasteiger partial charge is 0.338 e. The van der Waals surface area contributed by atoms with E-state index in [1.165, 1.54) is 0 Å². The van der Waals surface area contributed by atoms with Gasteiger partial charge in [0.15, 0.2) is 0 Å². The van der Waals surface area contributed by atoms with E-state index in [-0.39, 0.29) is 23.9 Å². The highest BCUT2D eigenvalue weighted by Gasteiger charge is 2.21. The lowest BCUT2D eigenvalue weighted by atomic mass is 10.1. The summed E-state index contributed by atoms with van der Waals surface area (Å²) in [4.78, 5) is 29.2. The molecule has 5 heteroatoms. The molecule has 3 aromatic carbocycles. The first-order valence-corrected chi connectivity index (χ1v) is 10.8. The zero-order chi connectivity index (χ0) is 23.1.